The van der Waals surface area contributed by atoms with Crippen molar-refractivity contribution in [3.63, 3.8) is 0 Å². The second-order valence-corrected chi connectivity index (χ2v) is 7.33. The molecule has 0 bridgehead atoms. The van der Waals surface area contributed by atoms with Crippen LogP contribution in [0.1, 0.15) is 48.5 Å². The van der Waals surface area contributed by atoms with Gasteiger partial charge in [0, 0.05) is 35.3 Å². The number of nitrogens with zero attached hydrogens (tertiary/aromatic N) is 3. The molecule has 0 aliphatic carbocycles. The number of hydrogen-bond acceptors (Lipinski definition) is 6. The van der Waals surface area contributed by atoms with E-state index >= 15 is 0 Å². The van der Waals surface area contributed by atoms with Gasteiger partial charge < -0.3 is 10.2 Å². The average molecular weight is 404 g/mol. The Morgan fingerprint density at radius 3 is 2.71 bits per heavy atom. The minimum Gasteiger partial charge on any atom is -0.329 e. The molecule has 2 amide bonds. The average Bonchev–Trinajstić information content (AvgIpc) is 3.16. The zero-order chi connectivity index (χ0) is 20.5. The summed E-state index contributed by atoms with van der Waals surface area (Å²) in [5.41, 5.74) is 0.580. The Labute approximate surface area is 167 Å². The highest BCUT2D eigenvalue weighted by Crippen LogP contribution is 2.20. The summed E-state index contributed by atoms with van der Waals surface area (Å²) in [6, 6.07) is 4.38. The van der Waals surface area contributed by atoms with Crippen molar-refractivity contribution in [1.82, 2.24) is 9.88 Å². The zero-order valence-corrected chi connectivity index (χ0v) is 16.8. The van der Waals surface area contributed by atoms with Crippen molar-refractivity contribution in [2.45, 2.75) is 39.5 Å². The first-order valence-electron chi connectivity index (χ1n) is 9.16. The van der Waals surface area contributed by atoms with E-state index in [1.165, 1.54) is 22.3 Å². The van der Waals surface area contributed by atoms with Crippen LogP contribution in [-0.4, -0.2) is 39.7 Å². The number of carbonyl (C=O) groups is 2. The van der Waals surface area contributed by atoms with Crippen molar-refractivity contribution in [2.24, 2.45) is 0 Å². The fraction of sp³-hybridized carbons (Fsp3) is 0.421. The molecule has 9 heteroatoms. The van der Waals surface area contributed by atoms with Gasteiger partial charge in [0.05, 0.1) is 4.92 Å². The lowest BCUT2D eigenvalue weighted by atomic mass is 10.1. The Morgan fingerprint density at radius 2 is 2.07 bits per heavy atom. The van der Waals surface area contributed by atoms with E-state index in [1.54, 1.807) is 30.6 Å². The predicted molar refractivity (Wildman–Crippen MR) is 109 cm³/mol. The van der Waals surface area contributed by atoms with E-state index in [-0.39, 0.29) is 23.7 Å². The van der Waals surface area contributed by atoms with E-state index in [0.29, 0.717) is 17.2 Å². The SMILES string of the molecule is CCCCCCN(CC(=O)Nc1nccs1)C(=O)c1ccc(C)c([N+](=O)[O-])c1. The predicted octanol–water partition coefficient (Wildman–Crippen LogP) is 4.02. The van der Waals surface area contributed by atoms with E-state index < -0.39 is 10.8 Å². The topological polar surface area (TPSA) is 105 Å². The minimum absolute atomic E-state index is 0.107. The molecule has 1 aromatic heterocycles. The van der Waals surface area contributed by atoms with Crippen molar-refractivity contribution in [3.8, 4) is 0 Å². The van der Waals surface area contributed by atoms with Crippen LogP contribution in [-0.2, 0) is 4.79 Å². The van der Waals surface area contributed by atoms with Gasteiger partial charge >= 0.3 is 0 Å². The third-order valence-electron chi connectivity index (χ3n) is 4.23. The number of aromatic nitrogens is 1. The first kappa shape index (κ1) is 21.5. The van der Waals surface area contributed by atoms with Gasteiger partial charge in [0.1, 0.15) is 6.54 Å². The summed E-state index contributed by atoms with van der Waals surface area (Å²) >= 11 is 1.29. The lowest BCUT2D eigenvalue weighted by Gasteiger charge is -2.22. The Hall–Kier alpha value is -2.81. The molecule has 150 valence electrons. The fourth-order valence-corrected chi connectivity index (χ4v) is 3.27. The van der Waals surface area contributed by atoms with Gasteiger partial charge in [-0.3, -0.25) is 19.7 Å². The highest BCUT2D eigenvalue weighted by atomic mass is 32.1. The number of benzene rings is 1. The van der Waals surface area contributed by atoms with Crippen LogP contribution in [0.3, 0.4) is 0 Å². The van der Waals surface area contributed by atoms with Gasteiger partial charge in [0.2, 0.25) is 5.91 Å². The van der Waals surface area contributed by atoms with Crippen LogP contribution in [0.5, 0.6) is 0 Å². The van der Waals surface area contributed by atoms with Crippen LogP contribution in [0.15, 0.2) is 29.8 Å². The van der Waals surface area contributed by atoms with Crippen molar-refractivity contribution < 1.29 is 14.5 Å². The van der Waals surface area contributed by atoms with Crippen LogP contribution in [0, 0.1) is 17.0 Å². The van der Waals surface area contributed by atoms with Crippen molar-refractivity contribution >= 4 is 34.0 Å². The van der Waals surface area contributed by atoms with Crippen molar-refractivity contribution in [1.29, 1.82) is 0 Å². The Kier molecular flexibility index (Phi) is 8.06. The maximum atomic E-state index is 12.9. The smallest absolute Gasteiger partial charge is 0.273 e. The largest absolute Gasteiger partial charge is 0.329 e. The Balaban J connectivity index is 2.14. The van der Waals surface area contributed by atoms with Crippen LogP contribution in [0.2, 0.25) is 0 Å². The summed E-state index contributed by atoms with van der Waals surface area (Å²) in [4.78, 5) is 41.4. The van der Waals surface area contributed by atoms with E-state index in [2.05, 4.69) is 17.2 Å². The number of nitro groups is 1. The molecule has 8 nitrogen and oxygen atoms in total. The van der Waals surface area contributed by atoms with Crippen LogP contribution in [0.25, 0.3) is 0 Å². The number of rotatable bonds is 10. The normalized spacial score (nSPS) is 10.5. The molecule has 0 atom stereocenters. The number of hydrogen-bond donors (Lipinski definition) is 1. The summed E-state index contributed by atoms with van der Waals surface area (Å²) < 4.78 is 0. The molecule has 2 rings (SSSR count). The molecular weight excluding hydrogens is 380 g/mol. The van der Waals surface area contributed by atoms with E-state index in [1.807, 2.05) is 0 Å². The summed E-state index contributed by atoms with van der Waals surface area (Å²) in [7, 11) is 0. The third-order valence-corrected chi connectivity index (χ3v) is 4.92. The number of nitro benzene ring substituents is 1. The molecular formula is C19H24N4O4S. The van der Waals surface area contributed by atoms with Gasteiger partial charge in [-0.2, -0.15) is 0 Å². The van der Waals surface area contributed by atoms with Gasteiger partial charge in [-0.1, -0.05) is 32.3 Å². The monoisotopic (exact) mass is 404 g/mol. The van der Waals surface area contributed by atoms with Gasteiger partial charge in [-0.05, 0) is 19.4 Å². The molecule has 0 radical (unpaired) electrons. The number of thiazole rings is 1. The number of unbranched alkanes of at least 4 members (excludes halogenated alkanes) is 3. The van der Waals surface area contributed by atoms with Crippen LogP contribution < -0.4 is 5.32 Å². The van der Waals surface area contributed by atoms with Crippen molar-refractivity contribution in [3.05, 3.63) is 51.0 Å². The quantitative estimate of drug-likeness (QED) is 0.366. The molecule has 0 spiro atoms. The molecule has 0 saturated heterocycles. The third kappa shape index (κ3) is 6.12. The van der Waals surface area contributed by atoms with E-state index in [0.717, 1.165) is 25.7 Å². The lowest BCUT2D eigenvalue weighted by molar-refractivity contribution is -0.385. The summed E-state index contributed by atoms with van der Waals surface area (Å²) in [5, 5.41) is 16.1. The molecule has 1 heterocycles. The van der Waals surface area contributed by atoms with Crippen LogP contribution in [0.4, 0.5) is 10.8 Å². The molecule has 0 aliphatic heterocycles. The second kappa shape index (κ2) is 10.5. The Morgan fingerprint density at radius 1 is 1.29 bits per heavy atom. The molecule has 1 aromatic carbocycles. The molecule has 28 heavy (non-hydrogen) atoms. The molecule has 0 fully saturated rings. The molecule has 1 N–H and O–H groups in total. The van der Waals surface area contributed by atoms with Crippen LogP contribution >= 0.6 is 11.3 Å². The minimum atomic E-state index is -0.507. The van der Waals surface area contributed by atoms with Crippen molar-refractivity contribution in [2.75, 3.05) is 18.4 Å². The maximum Gasteiger partial charge on any atom is 0.273 e. The number of aryl methyl sites for hydroxylation is 1. The molecule has 0 saturated carbocycles. The summed E-state index contributed by atoms with van der Waals surface area (Å²) in [6.07, 6.45) is 5.39. The molecule has 2 aromatic rings. The first-order chi connectivity index (χ1) is 13.4. The number of nitrogens with one attached hydrogen (secondary N) is 1. The molecule has 0 unspecified atom stereocenters. The Bertz CT molecular complexity index is 823. The fourth-order valence-electron chi connectivity index (χ4n) is 2.72. The number of amides is 2. The zero-order valence-electron chi connectivity index (χ0n) is 16.0. The lowest BCUT2D eigenvalue weighted by Crippen LogP contribution is -2.38. The highest BCUT2D eigenvalue weighted by Gasteiger charge is 2.22. The standard InChI is InChI=1S/C19H24N4O4S/c1-3-4-5-6-10-22(13-17(24)21-19-20-9-11-28-19)18(25)15-8-7-14(2)16(12-15)23(26)27/h7-9,11-12H,3-6,10,13H2,1-2H3,(H,20,21,24). The van der Waals surface area contributed by atoms with Gasteiger partial charge in [-0.25, -0.2) is 4.98 Å². The maximum absolute atomic E-state index is 12.9. The number of carbonyl (C=O) groups excluding carboxylic acids is 2. The van der Waals surface area contributed by atoms with Gasteiger partial charge in [0.25, 0.3) is 11.6 Å². The highest BCUT2D eigenvalue weighted by molar-refractivity contribution is 7.13. The number of anilines is 1. The summed E-state index contributed by atoms with van der Waals surface area (Å²) in [5.74, 6) is -0.741. The van der Waals surface area contributed by atoms with Gasteiger partial charge in [0.15, 0.2) is 5.13 Å². The first-order valence-corrected chi connectivity index (χ1v) is 10.0. The second-order valence-electron chi connectivity index (χ2n) is 6.43. The summed E-state index contributed by atoms with van der Waals surface area (Å²) in [6.45, 7) is 3.99. The van der Waals surface area contributed by atoms with Gasteiger partial charge in [-0.15, -0.1) is 11.3 Å². The van der Waals surface area contributed by atoms with E-state index in [4.69, 9.17) is 0 Å². The van der Waals surface area contributed by atoms with E-state index in [9.17, 15) is 19.7 Å². The molecule has 0 aliphatic rings.